The number of hydrazone groups is 1. The first-order valence-electron chi connectivity index (χ1n) is 9.06. The lowest BCUT2D eigenvalue weighted by molar-refractivity contribution is 0.310. The van der Waals surface area contributed by atoms with E-state index >= 15 is 0 Å². The van der Waals surface area contributed by atoms with Crippen LogP contribution in [-0.4, -0.2) is 28.3 Å². The fourth-order valence-electron chi connectivity index (χ4n) is 2.66. The van der Waals surface area contributed by atoms with E-state index < -0.39 is 10.0 Å². The van der Waals surface area contributed by atoms with Crippen LogP contribution in [0.1, 0.15) is 44.4 Å². The summed E-state index contributed by atoms with van der Waals surface area (Å²) in [4.78, 5) is 2.51. The van der Waals surface area contributed by atoms with Crippen LogP contribution in [0.25, 0.3) is 0 Å². The van der Waals surface area contributed by atoms with Crippen molar-refractivity contribution in [2.24, 2.45) is 5.10 Å². The summed E-state index contributed by atoms with van der Waals surface area (Å²) in [5, 5.41) is 3.94. The monoisotopic (exact) mass is 404 g/mol. The van der Waals surface area contributed by atoms with Crippen LogP contribution in [-0.2, 0) is 15.4 Å². The van der Waals surface area contributed by atoms with Crippen LogP contribution in [0.5, 0.6) is 11.5 Å². The highest BCUT2D eigenvalue weighted by Gasteiger charge is 2.21. The van der Waals surface area contributed by atoms with E-state index in [1.165, 1.54) is 6.21 Å². The smallest absolute Gasteiger partial charge is 0.276 e. The molecule has 0 aliphatic carbocycles. The molecule has 0 aliphatic heterocycles. The molecule has 2 rings (SSSR count). The number of rotatable bonds is 7. The third kappa shape index (κ3) is 5.04. The number of nitrogens with one attached hydrogen (secondary N) is 1. The molecule has 152 valence electrons. The number of methoxy groups -OCH3 is 1. The van der Waals surface area contributed by atoms with E-state index in [2.05, 4.69) is 9.93 Å². The molecule has 0 unspecified atom stereocenters. The summed E-state index contributed by atoms with van der Waals surface area (Å²) in [5.41, 5.74) is 2.05. The zero-order chi connectivity index (χ0) is 20.9. The summed E-state index contributed by atoms with van der Waals surface area (Å²) >= 11 is 0. The Morgan fingerprint density at radius 3 is 2.50 bits per heavy atom. The van der Waals surface area contributed by atoms with Gasteiger partial charge in [-0.3, -0.25) is 0 Å². The van der Waals surface area contributed by atoms with Gasteiger partial charge in [-0.1, -0.05) is 39.0 Å². The highest BCUT2D eigenvalue weighted by atomic mass is 32.2. The topological polar surface area (TPSA) is 77.0 Å². The van der Waals surface area contributed by atoms with Gasteiger partial charge < -0.3 is 9.47 Å². The van der Waals surface area contributed by atoms with Crippen LogP contribution >= 0.6 is 0 Å². The number of hydrogen-bond acceptors (Lipinski definition) is 5. The quantitative estimate of drug-likeness (QED) is 0.559. The SMILES string of the molecule is CCOc1c(/C=N/NS(=O)(=O)c2cc(C(C)(C)C)ccc2C)cccc1OC. The van der Waals surface area contributed by atoms with Crippen molar-refractivity contribution in [2.45, 2.75) is 44.9 Å². The molecule has 0 saturated heterocycles. The second-order valence-electron chi connectivity index (χ2n) is 7.39. The molecular formula is C21H28N2O4S. The number of benzene rings is 2. The average Bonchev–Trinajstić information content (AvgIpc) is 2.62. The Bertz CT molecular complexity index is 961. The summed E-state index contributed by atoms with van der Waals surface area (Å²) in [7, 11) is -2.26. The normalized spacial score (nSPS) is 12.2. The highest BCUT2D eigenvalue weighted by molar-refractivity contribution is 7.89. The molecule has 6 nitrogen and oxygen atoms in total. The Morgan fingerprint density at radius 2 is 1.89 bits per heavy atom. The third-order valence-corrected chi connectivity index (χ3v) is 5.60. The first-order valence-corrected chi connectivity index (χ1v) is 10.5. The van der Waals surface area contributed by atoms with Crippen molar-refractivity contribution < 1.29 is 17.9 Å². The van der Waals surface area contributed by atoms with E-state index in [4.69, 9.17) is 9.47 Å². The maximum absolute atomic E-state index is 12.8. The predicted octanol–water partition coefficient (Wildman–Crippen LogP) is 4.01. The first-order chi connectivity index (χ1) is 13.1. The summed E-state index contributed by atoms with van der Waals surface area (Å²) < 4.78 is 36.4. The van der Waals surface area contributed by atoms with Gasteiger partial charge in [0.2, 0.25) is 0 Å². The van der Waals surface area contributed by atoms with Gasteiger partial charge in [-0.2, -0.15) is 13.5 Å². The molecule has 0 amide bonds. The van der Waals surface area contributed by atoms with Gasteiger partial charge in [-0.05, 0) is 48.6 Å². The molecule has 0 aromatic heterocycles. The van der Waals surface area contributed by atoms with E-state index in [0.717, 1.165) is 5.56 Å². The Morgan fingerprint density at radius 1 is 1.18 bits per heavy atom. The minimum atomic E-state index is -3.80. The Balaban J connectivity index is 2.32. The summed E-state index contributed by atoms with van der Waals surface area (Å²) in [6.07, 6.45) is 1.41. The van der Waals surface area contributed by atoms with Gasteiger partial charge in [0.15, 0.2) is 11.5 Å². The molecule has 1 N–H and O–H groups in total. The zero-order valence-electron chi connectivity index (χ0n) is 17.2. The van der Waals surface area contributed by atoms with Gasteiger partial charge in [0.05, 0.1) is 24.8 Å². The largest absolute Gasteiger partial charge is 0.493 e. The van der Waals surface area contributed by atoms with Crippen LogP contribution in [0, 0.1) is 6.92 Å². The molecule has 0 fully saturated rings. The van der Waals surface area contributed by atoms with Crippen molar-refractivity contribution in [3.8, 4) is 11.5 Å². The van der Waals surface area contributed by atoms with Gasteiger partial charge in [0.25, 0.3) is 10.0 Å². The molecule has 0 aliphatic rings. The molecule has 7 heteroatoms. The van der Waals surface area contributed by atoms with Crippen molar-refractivity contribution in [3.05, 3.63) is 53.1 Å². The van der Waals surface area contributed by atoms with Crippen LogP contribution < -0.4 is 14.3 Å². The molecular weight excluding hydrogens is 376 g/mol. The summed E-state index contributed by atoms with van der Waals surface area (Å²) in [5.74, 6) is 1.07. The van der Waals surface area contributed by atoms with Crippen molar-refractivity contribution in [1.82, 2.24) is 4.83 Å². The lowest BCUT2D eigenvalue weighted by atomic mass is 9.87. The van der Waals surface area contributed by atoms with Crippen molar-refractivity contribution in [3.63, 3.8) is 0 Å². The number of para-hydroxylation sites is 1. The average molecular weight is 405 g/mol. The van der Waals surface area contributed by atoms with E-state index in [1.54, 1.807) is 38.3 Å². The Labute approximate surface area is 167 Å². The molecule has 0 atom stereocenters. The molecule has 0 radical (unpaired) electrons. The van der Waals surface area contributed by atoms with Gasteiger partial charge >= 0.3 is 0 Å². The van der Waals surface area contributed by atoms with Crippen LogP contribution in [0.4, 0.5) is 0 Å². The highest BCUT2D eigenvalue weighted by Crippen LogP contribution is 2.30. The molecule has 2 aromatic rings. The van der Waals surface area contributed by atoms with E-state index in [-0.39, 0.29) is 10.3 Å². The van der Waals surface area contributed by atoms with Crippen molar-refractivity contribution in [2.75, 3.05) is 13.7 Å². The fourth-order valence-corrected chi connectivity index (χ4v) is 3.73. The predicted molar refractivity (Wildman–Crippen MR) is 112 cm³/mol. The first kappa shape index (κ1) is 21.8. The standard InChI is InChI=1S/C21H28N2O4S/c1-7-27-20-16(9-8-10-18(20)26-6)14-22-23-28(24,25)19-13-17(21(3,4)5)12-11-15(19)2/h8-14,23H,7H2,1-6H3/b22-14+. The van der Waals surface area contributed by atoms with Crippen LogP contribution in [0.3, 0.4) is 0 Å². The number of hydrogen-bond donors (Lipinski definition) is 1. The number of sulfonamides is 1. The zero-order valence-corrected chi connectivity index (χ0v) is 18.1. The summed E-state index contributed by atoms with van der Waals surface area (Å²) in [6, 6.07) is 10.8. The lowest BCUT2D eigenvalue weighted by Crippen LogP contribution is -2.21. The van der Waals surface area contributed by atoms with Gasteiger partial charge in [-0.15, -0.1) is 0 Å². The molecule has 0 saturated carbocycles. The van der Waals surface area contributed by atoms with Gasteiger partial charge in [-0.25, -0.2) is 4.83 Å². The van der Waals surface area contributed by atoms with E-state index in [1.807, 2.05) is 39.8 Å². The Hall–Kier alpha value is -2.54. The molecule has 2 aromatic carbocycles. The second-order valence-corrected chi connectivity index (χ2v) is 9.02. The van der Waals surface area contributed by atoms with E-state index in [0.29, 0.717) is 29.2 Å². The van der Waals surface area contributed by atoms with E-state index in [9.17, 15) is 8.42 Å². The lowest BCUT2D eigenvalue weighted by Gasteiger charge is -2.20. The number of aryl methyl sites for hydroxylation is 1. The van der Waals surface area contributed by atoms with Crippen molar-refractivity contribution in [1.29, 1.82) is 0 Å². The van der Waals surface area contributed by atoms with Gasteiger partial charge in [0.1, 0.15) is 0 Å². The summed E-state index contributed by atoms with van der Waals surface area (Å²) in [6.45, 7) is 10.2. The molecule has 0 bridgehead atoms. The minimum absolute atomic E-state index is 0.159. The van der Waals surface area contributed by atoms with Crippen molar-refractivity contribution >= 4 is 16.2 Å². The maximum Gasteiger partial charge on any atom is 0.276 e. The molecule has 28 heavy (non-hydrogen) atoms. The minimum Gasteiger partial charge on any atom is -0.493 e. The van der Waals surface area contributed by atoms with Crippen LogP contribution in [0.15, 0.2) is 46.4 Å². The maximum atomic E-state index is 12.8. The third-order valence-electron chi connectivity index (χ3n) is 4.24. The number of ether oxygens (including phenoxy) is 2. The van der Waals surface area contributed by atoms with Crippen LogP contribution in [0.2, 0.25) is 0 Å². The van der Waals surface area contributed by atoms with Gasteiger partial charge in [0, 0.05) is 5.56 Å². The molecule has 0 heterocycles. The Kier molecular flexibility index (Phi) is 6.72. The fraction of sp³-hybridized carbons (Fsp3) is 0.381. The molecule has 0 spiro atoms. The second kappa shape index (κ2) is 8.65. The number of nitrogens with zero attached hydrogens (tertiary/aromatic N) is 1.